The summed E-state index contributed by atoms with van der Waals surface area (Å²) in [5, 5.41) is 12.7. The van der Waals surface area contributed by atoms with Crippen LogP contribution in [0.5, 0.6) is 0 Å². The first-order valence-electron chi connectivity index (χ1n) is 6.79. The number of thiophene rings is 1. The van der Waals surface area contributed by atoms with Crippen molar-refractivity contribution in [3.8, 4) is 6.07 Å². The summed E-state index contributed by atoms with van der Waals surface area (Å²) >= 11 is 1.32. The van der Waals surface area contributed by atoms with Crippen LogP contribution in [0.15, 0.2) is 0 Å². The number of piperidine rings is 1. The summed E-state index contributed by atoms with van der Waals surface area (Å²) in [5.41, 5.74) is 6.70. The Bertz CT molecular complexity index is 560. The van der Waals surface area contributed by atoms with Crippen molar-refractivity contribution in [1.29, 1.82) is 5.26 Å². The average Bonchev–Trinajstić information content (AvgIpc) is 2.78. The summed E-state index contributed by atoms with van der Waals surface area (Å²) in [4.78, 5) is 14.4. The van der Waals surface area contributed by atoms with Gasteiger partial charge in [-0.05, 0) is 18.3 Å². The van der Waals surface area contributed by atoms with E-state index in [0.717, 1.165) is 24.5 Å². The Labute approximate surface area is 123 Å². The lowest BCUT2D eigenvalue weighted by molar-refractivity contribution is 0.0968. The molecule has 1 aromatic heterocycles. The van der Waals surface area contributed by atoms with Crippen molar-refractivity contribution in [3.05, 3.63) is 10.4 Å². The first-order chi connectivity index (χ1) is 9.49. The van der Waals surface area contributed by atoms with E-state index in [4.69, 9.17) is 5.73 Å². The van der Waals surface area contributed by atoms with Gasteiger partial charge < -0.3 is 16.0 Å². The molecule has 3 N–H and O–H groups in total. The maximum absolute atomic E-state index is 11.8. The number of nitrogens with one attached hydrogen (secondary N) is 1. The van der Waals surface area contributed by atoms with E-state index in [1.807, 2.05) is 0 Å². The molecule has 1 fully saturated rings. The molecule has 20 heavy (non-hydrogen) atoms. The molecule has 0 aliphatic carbocycles. The lowest BCUT2D eigenvalue weighted by atomic mass is 9.89. The highest BCUT2D eigenvalue weighted by Crippen LogP contribution is 2.40. The minimum atomic E-state index is -0.228. The third kappa shape index (κ3) is 2.46. The number of carbonyl (C=O) groups is 1. The highest BCUT2D eigenvalue weighted by Gasteiger charge is 2.28. The van der Waals surface area contributed by atoms with E-state index in [9.17, 15) is 10.1 Å². The first kappa shape index (κ1) is 14.7. The summed E-state index contributed by atoms with van der Waals surface area (Å²) in [7, 11) is 1.57. The largest absolute Gasteiger partial charge is 0.396 e. The van der Waals surface area contributed by atoms with Gasteiger partial charge in [0.25, 0.3) is 5.91 Å². The molecule has 0 aromatic carbocycles. The molecule has 2 rings (SSSR count). The summed E-state index contributed by atoms with van der Waals surface area (Å²) < 4.78 is 0. The summed E-state index contributed by atoms with van der Waals surface area (Å²) in [5.74, 6) is 1.03. The highest BCUT2D eigenvalue weighted by atomic mass is 32.1. The summed E-state index contributed by atoms with van der Waals surface area (Å²) in [6.07, 6.45) is 1.10. The quantitative estimate of drug-likeness (QED) is 0.874. The van der Waals surface area contributed by atoms with Crippen molar-refractivity contribution < 1.29 is 4.79 Å². The molecule has 0 saturated carbocycles. The van der Waals surface area contributed by atoms with Crippen LogP contribution in [0, 0.1) is 23.2 Å². The van der Waals surface area contributed by atoms with E-state index < -0.39 is 0 Å². The fraction of sp³-hybridized carbons (Fsp3) is 0.571. The van der Waals surface area contributed by atoms with Crippen molar-refractivity contribution in [1.82, 2.24) is 5.32 Å². The molecule has 5 nitrogen and oxygen atoms in total. The van der Waals surface area contributed by atoms with Crippen LogP contribution >= 0.6 is 11.3 Å². The lowest BCUT2D eigenvalue weighted by Crippen LogP contribution is -2.38. The number of nitrogens with zero attached hydrogens (tertiary/aromatic N) is 2. The molecule has 108 valence electrons. The fourth-order valence-corrected chi connectivity index (χ4v) is 3.64. The molecule has 1 aromatic rings. The van der Waals surface area contributed by atoms with Crippen LogP contribution in [0.4, 0.5) is 10.7 Å². The molecule has 0 bridgehead atoms. The van der Waals surface area contributed by atoms with E-state index in [1.54, 1.807) is 7.05 Å². The predicted molar refractivity (Wildman–Crippen MR) is 82.0 cm³/mol. The number of anilines is 2. The van der Waals surface area contributed by atoms with Gasteiger partial charge in [-0.15, -0.1) is 11.3 Å². The Morgan fingerprint density at radius 2 is 2.20 bits per heavy atom. The summed E-state index contributed by atoms with van der Waals surface area (Å²) in [6, 6.07) is 2.15. The second-order valence-electron chi connectivity index (χ2n) is 5.41. The smallest absolute Gasteiger partial charge is 0.263 e. The maximum atomic E-state index is 11.8. The second kappa shape index (κ2) is 5.71. The third-order valence-corrected chi connectivity index (χ3v) is 5.36. The van der Waals surface area contributed by atoms with Crippen molar-refractivity contribution >= 4 is 27.9 Å². The van der Waals surface area contributed by atoms with Crippen molar-refractivity contribution in [2.45, 2.75) is 20.3 Å². The Morgan fingerprint density at radius 3 is 2.75 bits per heavy atom. The Hall–Kier alpha value is -1.74. The molecule has 0 spiro atoms. The van der Waals surface area contributed by atoms with E-state index in [-0.39, 0.29) is 5.91 Å². The molecule has 1 saturated heterocycles. The van der Waals surface area contributed by atoms with Gasteiger partial charge in [0.05, 0.1) is 5.69 Å². The van der Waals surface area contributed by atoms with Gasteiger partial charge in [0.15, 0.2) is 0 Å². The van der Waals surface area contributed by atoms with Gasteiger partial charge in [0, 0.05) is 20.1 Å². The van der Waals surface area contributed by atoms with Crippen molar-refractivity contribution in [2.75, 3.05) is 30.8 Å². The van der Waals surface area contributed by atoms with Crippen LogP contribution in [-0.4, -0.2) is 26.0 Å². The SMILES string of the molecule is CNC(=O)c1sc(N2CCC(C)C(C)C2)c(C#N)c1N. The molecule has 1 aliphatic heterocycles. The van der Waals surface area contributed by atoms with Crippen LogP contribution in [0.1, 0.15) is 35.5 Å². The average molecular weight is 292 g/mol. The van der Waals surface area contributed by atoms with Gasteiger partial charge in [-0.2, -0.15) is 5.26 Å². The number of hydrogen-bond acceptors (Lipinski definition) is 5. The molecule has 0 radical (unpaired) electrons. The number of hydrogen-bond donors (Lipinski definition) is 2. The van der Waals surface area contributed by atoms with Gasteiger partial charge in [0.2, 0.25) is 0 Å². The van der Waals surface area contributed by atoms with E-state index >= 15 is 0 Å². The molecule has 2 heterocycles. The number of nitriles is 1. The van der Waals surface area contributed by atoms with Gasteiger partial charge in [-0.1, -0.05) is 13.8 Å². The van der Waals surface area contributed by atoms with Gasteiger partial charge >= 0.3 is 0 Å². The second-order valence-corrected chi connectivity index (χ2v) is 6.40. The van der Waals surface area contributed by atoms with Crippen molar-refractivity contribution in [3.63, 3.8) is 0 Å². The Kier molecular flexibility index (Phi) is 4.19. The maximum Gasteiger partial charge on any atom is 0.263 e. The molecule has 2 atom stereocenters. The van der Waals surface area contributed by atoms with Crippen molar-refractivity contribution in [2.24, 2.45) is 11.8 Å². The van der Waals surface area contributed by atoms with Crippen LogP contribution in [0.25, 0.3) is 0 Å². The zero-order valence-electron chi connectivity index (χ0n) is 12.1. The minimum absolute atomic E-state index is 0.228. The molecular formula is C14H20N4OS. The molecule has 1 aliphatic rings. The third-order valence-electron chi connectivity index (χ3n) is 4.09. The molecule has 6 heteroatoms. The van der Waals surface area contributed by atoms with E-state index in [1.165, 1.54) is 11.3 Å². The highest BCUT2D eigenvalue weighted by molar-refractivity contribution is 7.19. The molecule has 2 unspecified atom stereocenters. The van der Waals surface area contributed by atoms with Gasteiger partial charge in [-0.3, -0.25) is 4.79 Å². The van der Waals surface area contributed by atoms with E-state index in [0.29, 0.717) is 28.0 Å². The number of nitrogen functional groups attached to an aromatic ring is 1. The zero-order valence-corrected chi connectivity index (χ0v) is 12.9. The van der Waals surface area contributed by atoms with Crippen LogP contribution in [0.3, 0.4) is 0 Å². The first-order valence-corrected chi connectivity index (χ1v) is 7.60. The number of carbonyl (C=O) groups excluding carboxylic acids is 1. The van der Waals surface area contributed by atoms with Gasteiger partial charge in [0.1, 0.15) is 21.5 Å². The van der Waals surface area contributed by atoms with Crippen LogP contribution in [-0.2, 0) is 0 Å². The van der Waals surface area contributed by atoms with Gasteiger partial charge in [-0.25, -0.2) is 0 Å². The summed E-state index contributed by atoms with van der Waals surface area (Å²) in [6.45, 7) is 6.29. The minimum Gasteiger partial charge on any atom is -0.396 e. The normalized spacial score (nSPS) is 22.4. The van der Waals surface area contributed by atoms with Crippen LogP contribution in [0.2, 0.25) is 0 Å². The predicted octanol–water partition coefficient (Wildman–Crippen LogP) is 2.04. The fourth-order valence-electron chi connectivity index (χ4n) is 2.49. The monoisotopic (exact) mass is 292 g/mol. The number of amides is 1. The zero-order chi connectivity index (χ0) is 14.9. The topological polar surface area (TPSA) is 82.2 Å². The van der Waals surface area contributed by atoms with Crippen LogP contribution < -0.4 is 16.0 Å². The Morgan fingerprint density at radius 1 is 1.50 bits per heavy atom. The lowest BCUT2D eigenvalue weighted by Gasteiger charge is -2.36. The molecule has 1 amide bonds. The number of rotatable bonds is 2. The Balaban J connectivity index is 2.37. The van der Waals surface area contributed by atoms with E-state index in [2.05, 4.69) is 30.1 Å². The standard InChI is InChI=1S/C14H20N4OS/c1-8-4-5-18(7-9(8)2)14-10(6-15)11(16)12(20-14)13(19)17-3/h8-9H,4-5,7,16H2,1-3H3,(H,17,19). The number of nitrogens with two attached hydrogens (primary N) is 1. The molecular weight excluding hydrogens is 272 g/mol.